The van der Waals surface area contributed by atoms with E-state index in [0.29, 0.717) is 15.8 Å². The maximum atomic E-state index is 12.3. The molecule has 0 spiro atoms. The lowest BCUT2D eigenvalue weighted by Gasteiger charge is -1.99. The monoisotopic (exact) mass is 446 g/mol. The molecule has 0 unspecified atom stereocenters. The lowest BCUT2D eigenvalue weighted by atomic mass is 10.2. The summed E-state index contributed by atoms with van der Waals surface area (Å²) in [6, 6.07) is 11.5. The molecule has 3 heterocycles. The maximum Gasteiger partial charge on any atom is 0.232 e. The number of carbonyl (C=O) groups is 1. The quantitative estimate of drug-likeness (QED) is 0.476. The van der Waals surface area contributed by atoms with Crippen molar-refractivity contribution < 1.29 is 4.79 Å². The van der Waals surface area contributed by atoms with Crippen LogP contribution in [-0.4, -0.2) is 20.3 Å². The van der Waals surface area contributed by atoms with Gasteiger partial charge in [0.1, 0.15) is 5.65 Å². The van der Waals surface area contributed by atoms with Crippen molar-refractivity contribution in [3.63, 3.8) is 0 Å². The number of halogens is 2. The largest absolute Gasteiger partial charge is 0.305 e. The number of amides is 1. The summed E-state index contributed by atoms with van der Waals surface area (Å²) in [5.41, 5.74) is 3.26. The average Bonchev–Trinajstić information content (AvgIpc) is 3.21. The Bertz CT molecular complexity index is 1090. The molecule has 5 nitrogen and oxygen atoms in total. The van der Waals surface area contributed by atoms with Gasteiger partial charge < -0.3 is 9.72 Å². The summed E-state index contributed by atoms with van der Waals surface area (Å²) in [5.74, 6) is -0.156. The molecule has 130 valence electrons. The number of hydrogen-bond acceptors (Lipinski definition) is 4. The van der Waals surface area contributed by atoms with Gasteiger partial charge in [-0.1, -0.05) is 39.7 Å². The molecule has 0 aliphatic heterocycles. The molecule has 0 bridgehead atoms. The highest BCUT2D eigenvalue weighted by atomic mass is 79.9. The Morgan fingerprint density at radius 2 is 1.96 bits per heavy atom. The van der Waals surface area contributed by atoms with Crippen LogP contribution < -0.4 is 5.32 Å². The number of thiazole rings is 1. The van der Waals surface area contributed by atoms with Gasteiger partial charge in [-0.3, -0.25) is 4.79 Å². The normalized spacial score (nSPS) is 11.0. The molecular formula is C18H12BrClN4OS. The van der Waals surface area contributed by atoms with E-state index in [9.17, 15) is 4.79 Å². The fourth-order valence-corrected chi connectivity index (χ4v) is 3.68. The van der Waals surface area contributed by atoms with Gasteiger partial charge in [-0.2, -0.15) is 0 Å². The highest BCUT2D eigenvalue weighted by Gasteiger charge is 2.11. The summed E-state index contributed by atoms with van der Waals surface area (Å²) in [6.07, 6.45) is 3.74. The molecule has 1 amide bonds. The van der Waals surface area contributed by atoms with Crippen LogP contribution in [0, 0.1) is 0 Å². The van der Waals surface area contributed by atoms with Gasteiger partial charge in [-0.15, -0.1) is 11.3 Å². The Labute approximate surface area is 166 Å². The van der Waals surface area contributed by atoms with Crippen LogP contribution in [0.15, 0.2) is 58.6 Å². The van der Waals surface area contributed by atoms with Crippen molar-refractivity contribution in [2.24, 2.45) is 0 Å². The van der Waals surface area contributed by atoms with E-state index in [1.165, 1.54) is 11.3 Å². The van der Waals surface area contributed by atoms with Crippen LogP contribution in [0.4, 0.5) is 5.13 Å². The third-order valence-electron chi connectivity index (χ3n) is 3.70. The first-order valence-corrected chi connectivity index (χ1v) is 9.76. The molecule has 0 fully saturated rings. The smallest absolute Gasteiger partial charge is 0.232 e. The third kappa shape index (κ3) is 3.80. The van der Waals surface area contributed by atoms with Crippen molar-refractivity contribution in [3.05, 3.63) is 69.4 Å². The molecule has 1 N–H and O–H groups in total. The van der Waals surface area contributed by atoms with Gasteiger partial charge in [0.2, 0.25) is 5.91 Å². The standard InChI is InChI=1S/C18H12BrClN4OS/c19-12-3-1-11(2-4-12)15-10-26-18(22-15)23-17(25)7-14-9-24-8-13(20)5-6-16(24)21-14/h1-6,8-10H,7H2,(H,22,23,25). The van der Waals surface area contributed by atoms with E-state index in [1.807, 2.05) is 35.7 Å². The second-order valence-electron chi connectivity index (χ2n) is 5.61. The summed E-state index contributed by atoms with van der Waals surface area (Å²) in [4.78, 5) is 21.2. The van der Waals surface area contributed by atoms with Crippen molar-refractivity contribution in [2.75, 3.05) is 5.32 Å². The van der Waals surface area contributed by atoms with Crippen LogP contribution in [0.2, 0.25) is 5.02 Å². The van der Waals surface area contributed by atoms with E-state index in [2.05, 4.69) is 31.2 Å². The molecule has 0 saturated carbocycles. The molecule has 4 rings (SSSR count). The summed E-state index contributed by atoms with van der Waals surface area (Å²) in [6.45, 7) is 0. The van der Waals surface area contributed by atoms with Gasteiger partial charge in [-0.25, -0.2) is 9.97 Å². The topological polar surface area (TPSA) is 59.3 Å². The maximum absolute atomic E-state index is 12.3. The van der Waals surface area contributed by atoms with Gasteiger partial charge in [-0.05, 0) is 24.3 Å². The number of fused-ring (bicyclic) bond motifs is 1. The van der Waals surface area contributed by atoms with Crippen molar-refractivity contribution in [1.29, 1.82) is 0 Å². The molecule has 4 aromatic rings. The lowest BCUT2D eigenvalue weighted by Crippen LogP contribution is -2.14. The number of anilines is 1. The number of nitrogens with one attached hydrogen (secondary N) is 1. The molecule has 26 heavy (non-hydrogen) atoms. The van der Waals surface area contributed by atoms with E-state index in [-0.39, 0.29) is 12.3 Å². The van der Waals surface area contributed by atoms with Crippen LogP contribution in [0.3, 0.4) is 0 Å². The molecule has 8 heteroatoms. The van der Waals surface area contributed by atoms with E-state index in [1.54, 1.807) is 22.9 Å². The Morgan fingerprint density at radius 1 is 1.15 bits per heavy atom. The fourth-order valence-electron chi connectivity index (χ4n) is 2.51. The van der Waals surface area contributed by atoms with E-state index >= 15 is 0 Å². The van der Waals surface area contributed by atoms with Crippen LogP contribution in [0.5, 0.6) is 0 Å². The SMILES string of the molecule is O=C(Cc1cn2cc(Cl)ccc2n1)Nc1nc(-c2ccc(Br)cc2)cs1. The first-order valence-electron chi connectivity index (χ1n) is 7.71. The molecule has 3 aromatic heterocycles. The van der Waals surface area contributed by atoms with Gasteiger partial charge in [0, 0.05) is 27.8 Å². The highest BCUT2D eigenvalue weighted by molar-refractivity contribution is 9.10. The van der Waals surface area contributed by atoms with Crippen molar-refractivity contribution in [1.82, 2.24) is 14.4 Å². The second-order valence-corrected chi connectivity index (χ2v) is 7.82. The summed E-state index contributed by atoms with van der Waals surface area (Å²) in [7, 11) is 0. The summed E-state index contributed by atoms with van der Waals surface area (Å²) < 4.78 is 2.82. The van der Waals surface area contributed by atoms with Crippen molar-refractivity contribution in [3.8, 4) is 11.3 Å². The van der Waals surface area contributed by atoms with Gasteiger partial charge >= 0.3 is 0 Å². The minimum Gasteiger partial charge on any atom is -0.305 e. The first kappa shape index (κ1) is 17.2. The number of hydrogen-bond donors (Lipinski definition) is 1. The minimum absolute atomic E-state index is 0.156. The van der Waals surface area contributed by atoms with Crippen LogP contribution >= 0.6 is 38.9 Å². The van der Waals surface area contributed by atoms with Crippen LogP contribution in [0.25, 0.3) is 16.9 Å². The van der Waals surface area contributed by atoms with Crippen molar-refractivity contribution in [2.45, 2.75) is 6.42 Å². The Balaban J connectivity index is 1.45. The molecule has 0 radical (unpaired) electrons. The molecular weight excluding hydrogens is 436 g/mol. The van der Waals surface area contributed by atoms with Crippen LogP contribution in [0.1, 0.15) is 5.69 Å². The average molecular weight is 448 g/mol. The first-order chi connectivity index (χ1) is 12.6. The van der Waals surface area contributed by atoms with Crippen LogP contribution in [-0.2, 0) is 11.2 Å². The summed E-state index contributed by atoms with van der Waals surface area (Å²) >= 11 is 10.8. The molecule has 0 aliphatic carbocycles. The zero-order valence-corrected chi connectivity index (χ0v) is 16.5. The number of benzene rings is 1. The second kappa shape index (κ2) is 7.19. The zero-order valence-electron chi connectivity index (χ0n) is 13.3. The number of rotatable bonds is 4. The Hall–Kier alpha value is -2.22. The number of carbonyl (C=O) groups excluding carboxylic acids is 1. The Morgan fingerprint density at radius 3 is 2.77 bits per heavy atom. The third-order valence-corrected chi connectivity index (χ3v) is 5.21. The molecule has 0 aliphatic rings. The zero-order chi connectivity index (χ0) is 18.1. The molecule has 1 aromatic carbocycles. The van der Waals surface area contributed by atoms with E-state index in [0.717, 1.165) is 21.4 Å². The number of pyridine rings is 1. The number of aromatic nitrogens is 3. The minimum atomic E-state index is -0.156. The van der Waals surface area contributed by atoms with E-state index < -0.39 is 0 Å². The predicted octanol–water partition coefficient (Wildman–Crippen LogP) is 5.05. The van der Waals surface area contributed by atoms with Gasteiger partial charge in [0.05, 0.1) is 22.8 Å². The molecule has 0 atom stereocenters. The number of nitrogens with zero attached hydrogens (tertiary/aromatic N) is 3. The van der Waals surface area contributed by atoms with E-state index in [4.69, 9.17) is 11.6 Å². The Kier molecular flexibility index (Phi) is 4.76. The number of imidazole rings is 1. The summed E-state index contributed by atoms with van der Waals surface area (Å²) in [5, 5.41) is 5.94. The highest BCUT2D eigenvalue weighted by Crippen LogP contribution is 2.26. The predicted molar refractivity (Wildman–Crippen MR) is 108 cm³/mol. The lowest BCUT2D eigenvalue weighted by molar-refractivity contribution is -0.115. The van der Waals surface area contributed by atoms with Gasteiger partial charge in [0.25, 0.3) is 0 Å². The molecule has 0 saturated heterocycles. The van der Waals surface area contributed by atoms with Crippen molar-refractivity contribution >= 4 is 55.6 Å². The fraction of sp³-hybridized carbons (Fsp3) is 0.0556. The van der Waals surface area contributed by atoms with Gasteiger partial charge in [0.15, 0.2) is 5.13 Å².